The van der Waals surface area contributed by atoms with E-state index in [9.17, 15) is 5.11 Å². The van der Waals surface area contributed by atoms with Gasteiger partial charge in [-0.15, -0.1) is 0 Å². The van der Waals surface area contributed by atoms with Crippen molar-refractivity contribution in [2.24, 2.45) is 0 Å². The highest BCUT2D eigenvalue weighted by Crippen LogP contribution is 2.41. The van der Waals surface area contributed by atoms with Crippen LogP contribution in [0.1, 0.15) is 29.4 Å². The van der Waals surface area contributed by atoms with Crippen LogP contribution in [0.3, 0.4) is 0 Å². The number of hydrogen-bond acceptors (Lipinski definition) is 2. The van der Waals surface area contributed by atoms with Crippen LogP contribution in [0.25, 0.3) is 5.69 Å². The van der Waals surface area contributed by atoms with Crippen molar-refractivity contribution in [3.63, 3.8) is 0 Å². The van der Waals surface area contributed by atoms with Crippen molar-refractivity contribution in [1.29, 1.82) is 0 Å². The zero-order valence-corrected chi connectivity index (χ0v) is 15.5. The van der Waals surface area contributed by atoms with E-state index in [-0.39, 0.29) is 6.04 Å². The second kappa shape index (κ2) is 6.73. The molecule has 28 heavy (non-hydrogen) atoms. The topological polar surface area (TPSA) is 41.9 Å². The predicted octanol–water partition coefficient (Wildman–Crippen LogP) is 3.58. The molecule has 1 aliphatic heterocycles. The van der Waals surface area contributed by atoms with E-state index in [1.807, 2.05) is 102 Å². The summed E-state index contributed by atoms with van der Waals surface area (Å²) in [7, 11) is 0. The van der Waals surface area contributed by atoms with Crippen molar-refractivity contribution in [2.45, 2.75) is 24.5 Å². The first kappa shape index (κ1) is 16.9. The lowest BCUT2D eigenvalue weighted by Crippen LogP contribution is -2.50. The molecule has 0 spiro atoms. The standard InChI is InChI=1S/C24H22N3O/c28-24(19-10-4-1-5-11-19,20-12-6-2-7-13-20)22-16-17-23-25-27(18-26(22)23)21-14-8-3-9-15-21/h1-15,18,22,28H,16-17H2/q+1/t22-/m0/s1. The van der Waals surface area contributed by atoms with Crippen LogP contribution in [-0.4, -0.2) is 14.9 Å². The summed E-state index contributed by atoms with van der Waals surface area (Å²) in [5, 5.41) is 16.9. The van der Waals surface area contributed by atoms with Gasteiger partial charge in [0.05, 0.1) is 0 Å². The largest absolute Gasteiger partial charge is 0.377 e. The molecule has 0 saturated carbocycles. The fraction of sp³-hybridized carbons (Fsp3) is 0.167. The molecule has 5 rings (SSSR count). The second-order valence-corrected chi connectivity index (χ2v) is 7.27. The van der Waals surface area contributed by atoms with Crippen LogP contribution in [0.15, 0.2) is 97.3 Å². The lowest BCUT2D eigenvalue weighted by molar-refractivity contribution is -0.731. The molecule has 4 aromatic rings. The average molecular weight is 368 g/mol. The first-order valence-electron chi connectivity index (χ1n) is 9.65. The lowest BCUT2D eigenvalue weighted by Gasteiger charge is -2.34. The first-order valence-corrected chi connectivity index (χ1v) is 9.65. The Bertz CT molecular complexity index is 1040. The van der Waals surface area contributed by atoms with E-state index >= 15 is 0 Å². The maximum Gasteiger partial charge on any atom is 0.278 e. The van der Waals surface area contributed by atoms with Gasteiger partial charge in [-0.3, -0.25) is 0 Å². The van der Waals surface area contributed by atoms with Crippen molar-refractivity contribution in [3.05, 3.63) is 114 Å². The number of hydrogen-bond donors (Lipinski definition) is 1. The van der Waals surface area contributed by atoms with Crippen LogP contribution in [-0.2, 0) is 12.0 Å². The molecule has 1 aromatic heterocycles. The summed E-state index contributed by atoms with van der Waals surface area (Å²) in [5.74, 6) is 0.999. The van der Waals surface area contributed by atoms with Crippen LogP contribution in [0.4, 0.5) is 0 Å². The highest BCUT2D eigenvalue weighted by Gasteiger charge is 2.48. The zero-order chi connectivity index (χ0) is 19.0. The van der Waals surface area contributed by atoms with Crippen LogP contribution < -0.4 is 4.57 Å². The monoisotopic (exact) mass is 368 g/mol. The van der Waals surface area contributed by atoms with Gasteiger partial charge in [-0.05, 0) is 29.7 Å². The third kappa shape index (κ3) is 2.65. The SMILES string of the molecule is OC(c1ccccc1)(c1ccccc1)[C@@H]1CCc2nn(-c3ccccc3)c[n+]21. The van der Waals surface area contributed by atoms with Gasteiger partial charge in [-0.2, -0.15) is 0 Å². The van der Waals surface area contributed by atoms with Crippen molar-refractivity contribution in [2.75, 3.05) is 0 Å². The molecule has 4 nitrogen and oxygen atoms in total. The molecule has 2 heterocycles. The molecule has 0 radical (unpaired) electrons. The van der Waals surface area contributed by atoms with E-state index in [4.69, 9.17) is 5.10 Å². The van der Waals surface area contributed by atoms with E-state index in [0.29, 0.717) is 0 Å². The molecule has 0 fully saturated rings. The molecule has 0 unspecified atom stereocenters. The molecule has 0 aliphatic carbocycles. The van der Waals surface area contributed by atoms with Crippen LogP contribution in [0, 0.1) is 0 Å². The minimum atomic E-state index is -1.12. The highest BCUT2D eigenvalue weighted by atomic mass is 16.3. The summed E-state index contributed by atoms with van der Waals surface area (Å²) in [6.07, 6.45) is 3.70. The second-order valence-electron chi connectivity index (χ2n) is 7.27. The van der Waals surface area contributed by atoms with Crippen molar-refractivity contribution >= 4 is 0 Å². The molecule has 1 atom stereocenters. The lowest BCUT2D eigenvalue weighted by atomic mass is 9.79. The Kier molecular flexibility index (Phi) is 4.06. The van der Waals surface area contributed by atoms with Gasteiger partial charge in [0.1, 0.15) is 17.3 Å². The summed E-state index contributed by atoms with van der Waals surface area (Å²) in [6, 6.07) is 29.9. The summed E-state index contributed by atoms with van der Waals surface area (Å²) in [5.41, 5.74) is 1.70. The molecule has 4 heteroatoms. The fourth-order valence-corrected chi connectivity index (χ4v) is 4.28. The molecule has 3 aromatic carbocycles. The van der Waals surface area contributed by atoms with Gasteiger partial charge >= 0.3 is 0 Å². The summed E-state index contributed by atoms with van der Waals surface area (Å²) in [6.45, 7) is 0. The quantitative estimate of drug-likeness (QED) is 0.560. The molecular weight excluding hydrogens is 346 g/mol. The first-order chi connectivity index (χ1) is 13.8. The van der Waals surface area contributed by atoms with Crippen LogP contribution in [0.2, 0.25) is 0 Å². The Morgan fingerprint density at radius 1 is 0.821 bits per heavy atom. The smallest absolute Gasteiger partial charge is 0.278 e. The number of aryl methyl sites for hydroxylation is 1. The zero-order valence-electron chi connectivity index (χ0n) is 15.5. The van der Waals surface area contributed by atoms with Gasteiger partial charge in [-0.1, -0.05) is 83.5 Å². The Morgan fingerprint density at radius 2 is 1.36 bits per heavy atom. The molecule has 1 aliphatic rings. The third-order valence-corrected chi connectivity index (χ3v) is 5.66. The normalized spacial score (nSPS) is 16.1. The maximum absolute atomic E-state index is 12.1. The number of benzene rings is 3. The van der Waals surface area contributed by atoms with Crippen molar-refractivity contribution < 1.29 is 9.67 Å². The Hall–Kier alpha value is -3.24. The number of para-hydroxylation sites is 1. The van der Waals surface area contributed by atoms with Crippen molar-refractivity contribution in [1.82, 2.24) is 9.78 Å². The maximum atomic E-state index is 12.1. The van der Waals surface area contributed by atoms with Gasteiger partial charge in [0.15, 0.2) is 0 Å². The highest BCUT2D eigenvalue weighted by molar-refractivity contribution is 5.37. The Balaban J connectivity index is 1.64. The summed E-state index contributed by atoms with van der Waals surface area (Å²) < 4.78 is 4.05. The number of aromatic nitrogens is 3. The van der Waals surface area contributed by atoms with Gasteiger partial charge in [0, 0.05) is 11.5 Å². The fourth-order valence-electron chi connectivity index (χ4n) is 4.28. The number of aliphatic hydroxyl groups is 1. The van der Waals surface area contributed by atoms with Gasteiger partial charge in [0.25, 0.3) is 5.82 Å². The molecule has 1 N–H and O–H groups in total. The Labute approximate surface area is 164 Å². The van der Waals surface area contributed by atoms with Gasteiger partial charge in [0.2, 0.25) is 6.33 Å². The number of rotatable bonds is 4. The minimum Gasteiger partial charge on any atom is -0.377 e. The molecule has 0 amide bonds. The molecule has 0 saturated heterocycles. The van der Waals surface area contributed by atoms with Gasteiger partial charge in [-0.25, -0.2) is 4.57 Å². The van der Waals surface area contributed by atoms with E-state index in [1.165, 1.54) is 0 Å². The predicted molar refractivity (Wildman–Crippen MR) is 107 cm³/mol. The minimum absolute atomic E-state index is 0.121. The molecular formula is C24H22N3O+. The summed E-state index contributed by atoms with van der Waals surface area (Å²) in [4.78, 5) is 0. The van der Waals surface area contributed by atoms with E-state index in [0.717, 1.165) is 35.5 Å². The number of fused-ring (bicyclic) bond motifs is 1. The van der Waals surface area contributed by atoms with E-state index in [1.54, 1.807) is 0 Å². The van der Waals surface area contributed by atoms with E-state index < -0.39 is 5.60 Å². The molecule has 0 bridgehead atoms. The van der Waals surface area contributed by atoms with Crippen LogP contribution in [0.5, 0.6) is 0 Å². The Morgan fingerprint density at radius 3 is 1.93 bits per heavy atom. The van der Waals surface area contributed by atoms with Crippen LogP contribution >= 0.6 is 0 Å². The van der Waals surface area contributed by atoms with Gasteiger partial charge < -0.3 is 5.11 Å². The average Bonchev–Trinajstić information content (AvgIpc) is 3.36. The number of nitrogens with zero attached hydrogens (tertiary/aromatic N) is 3. The van der Waals surface area contributed by atoms with Crippen molar-refractivity contribution in [3.8, 4) is 5.69 Å². The molecule has 138 valence electrons. The third-order valence-electron chi connectivity index (χ3n) is 5.66. The van der Waals surface area contributed by atoms with E-state index in [2.05, 4.69) is 4.57 Å². The summed E-state index contributed by atoms with van der Waals surface area (Å²) >= 11 is 0.